The van der Waals surface area contributed by atoms with Crippen molar-refractivity contribution < 1.29 is 18.3 Å². The molecule has 5 aromatic rings. The number of carbonyl (C=O) groups is 1. The number of hydrogen-bond acceptors (Lipinski definition) is 11. The Kier molecular flexibility index (Phi) is 7.78. The van der Waals surface area contributed by atoms with Gasteiger partial charge < -0.3 is 30.8 Å². The predicted octanol–water partition coefficient (Wildman–Crippen LogP) is 1.36. The molecular formula is C27H30FN9O4S. The zero-order valence-corrected chi connectivity index (χ0v) is 23.5. The number of nitrogens with one attached hydrogen (secondary N) is 1. The van der Waals surface area contributed by atoms with Crippen molar-refractivity contribution in [2.75, 3.05) is 63.1 Å². The number of amides is 1. The van der Waals surface area contributed by atoms with Crippen LogP contribution in [0, 0.1) is 5.82 Å². The molecule has 1 aliphatic rings. The number of rotatable bonds is 10. The highest BCUT2D eigenvalue weighted by atomic mass is 32.1. The van der Waals surface area contributed by atoms with Crippen molar-refractivity contribution in [3.8, 4) is 17.2 Å². The van der Waals surface area contributed by atoms with Gasteiger partial charge in [-0.05, 0) is 30.3 Å². The molecule has 6 rings (SSSR count). The Morgan fingerprint density at radius 3 is 2.74 bits per heavy atom. The minimum Gasteiger partial charge on any atom is -0.492 e. The number of anilines is 2. The molecular weight excluding hydrogens is 565 g/mol. The van der Waals surface area contributed by atoms with E-state index in [0.717, 1.165) is 11.3 Å². The van der Waals surface area contributed by atoms with Crippen molar-refractivity contribution in [2.24, 2.45) is 5.73 Å². The SMILES string of the molecule is NCC(=O)NCCOc1ccc(N2CCN(CCn3c(=O)sc4c3nc(N)n3nc(-c5ccco5)cc43)CC2)c(F)c1. The predicted molar refractivity (Wildman–Crippen MR) is 157 cm³/mol. The van der Waals surface area contributed by atoms with Crippen molar-refractivity contribution in [3.63, 3.8) is 0 Å². The van der Waals surface area contributed by atoms with E-state index in [2.05, 4.69) is 20.3 Å². The van der Waals surface area contributed by atoms with E-state index in [1.807, 2.05) is 17.0 Å². The first kappa shape index (κ1) is 27.7. The second-order valence-corrected chi connectivity index (χ2v) is 10.8. The molecule has 0 radical (unpaired) electrons. The standard InChI is InChI=1S/C27H30FN9O4S/c28-18-14-17(40-13-5-31-23(38)16-29)3-4-20(18)35-9-6-34(7-10-35)8-11-36-25-24(42-27(36)39)21-15-19(22-2-1-12-41-22)33-37(21)26(30)32-25/h1-4,12,14-15H,5-11,13,16,29H2,(H2,30,32)(H,31,38). The maximum Gasteiger partial charge on any atom is 0.309 e. The number of piperazine rings is 1. The first-order valence-corrected chi connectivity index (χ1v) is 14.3. The number of furan rings is 1. The Balaban J connectivity index is 1.07. The minimum absolute atomic E-state index is 0.0871. The van der Waals surface area contributed by atoms with Gasteiger partial charge >= 0.3 is 4.87 Å². The molecule has 15 heteroatoms. The van der Waals surface area contributed by atoms with Gasteiger partial charge in [-0.1, -0.05) is 11.3 Å². The number of nitrogen functional groups attached to an aromatic ring is 1. The smallest absolute Gasteiger partial charge is 0.309 e. The third-order valence-electron chi connectivity index (χ3n) is 7.17. The van der Waals surface area contributed by atoms with Crippen LogP contribution < -0.4 is 31.3 Å². The van der Waals surface area contributed by atoms with Crippen LogP contribution in [0.4, 0.5) is 16.0 Å². The Labute approximate surface area is 243 Å². The van der Waals surface area contributed by atoms with Crippen LogP contribution in [0.5, 0.6) is 5.75 Å². The van der Waals surface area contributed by atoms with E-state index in [4.69, 9.17) is 20.6 Å². The quantitative estimate of drug-likeness (QED) is 0.201. The van der Waals surface area contributed by atoms with Gasteiger partial charge in [0.1, 0.15) is 28.6 Å². The summed E-state index contributed by atoms with van der Waals surface area (Å²) in [5.74, 6) is 0.546. The molecule has 0 aliphatic carbocycles. The number of nitrogens with two attached hydrogens (primary N) is 2. The first-order valence-electron chi connectivity index (χ1n) is 13.5. The number of aromatic nitrogens is 4. The van der Waals surface area contributed by atoms with E-state index >= 15 is 0 Å². The van der Waals surface area contributed by atoms with Gasteiger partial charge in [-0.3, -0.25) is 19.1 Å². The molecule has 220 valence electrons. The Morgan fingerprint density at radius 1 is 1.17 bits per heavy atom. The summed E-state index contributed by atoms with van der Waals surface area (Å²) in [6.45, 7) is 4.21. The Bertz CT molecular complexity index is 1770. The molecule has 5 heterocycles. The zero-order chi connectivity index (χ0) is 29.2. The average Bonchev–Trinajstić information content (AvgIpc) is 3.74. The third kappa shape index (κ3) is 5.53. The minimum atomic E-state index is -0.367. The lowest BCUT2D eigenvalue weighted by Gasteiger charge is -2.36. The molecule has 4 aromatic heterocycles. The van der Waals surface area contributed by atoms with Crippen LogP contribution in [0.3, 0.4) is 0 Å². The molecule has 0 unspecified atom stereocenters. The number of carbonyl (C=O) groups excluding carboxylic acids is 1. The van der Waals surface area contributed by atoms with Crippen LogP contribution in [0.25, 0.3) is 27.3 Å². The van der Waals surface area contributed by atoms with E-state index in [1.165, 1.54) is 10.6 Å². The van der Waals surface area contributed by atoms with Crippen LogP contribution in [-0.2, 0) is 11.3 Å². The van der Waals surface area contributed by atoms with Crippen LogP contribution in [0.2, 0.25) is 0 Å². The molecule has 1 aromatic carbocycles. The van der Waals surface area contributed by atoms with Gasteiger partial charge in [0, 0.05) is 45.3 Å². The summed E-state index contributed by atoms with van der Waals surface area (Å²) >= 11 is 1.12. The van der Waals surface area contributed by atoms with Crippen LogP contribution in [0.1, 0.15) is 0 Å². The van der Waals surface area contributed by atoms with E-state index in [0.29, 0.717) is 84.6 Å². The van der Waals surface area contributed by atoms with Gasteiger partial charge in [-0.2, -0.15) is 14.6 Å². The number of halogens is 1. The molecule has 1 aliphatic heterocycles. The molecule has 1 amide bonds. The van der Waals surface area contributed by atoms with Crippen molar-refractivity contribution in [1.29, 1.82) is 0 Å². The fourth-order valence-corrected chi connectivity index (χ4v) is 5.97. The average molecular weight is 596 g/mol. The zero-order valence-electron chi connectivity index (χ0n) is 22.7. The van der Waals surface area contributed by atoms with Gasteiger partial charge in [0.15, 0.2) is 11.4 Å². The summed E-state index contributed by atoms with van der Waals surface area (Å²) < 4.78 is 29.8. The Morgan fingerprint density at radius 2 is 2.00 bits per heavy atom. The molecule has 0 spiro atoms. The lowest BCUT2D eigenvalue weighted by Crippen LogP contribution is -2.47. The lowest BCUT2D eigenvalue weighted by molar-refractivity contribution is -0.119. The van der Waals surface area contributed by atoms with E-state index in [-0.39, 0.29) is 35.7 Å². The second-order valence-electron chi connectivity index (χ2n) is 9.79. The highest BCUT2D eigenvalue weighted by Crippen LogP contribution is 2.29. The summed E-state index contributed by atoms with van der Waals surface area (Å²) in [6.07, 6.45) is 1.57. The number of nitrogens with zero attached hydrogens (tertiary/aromatic N) is 6. The van der Waals surface area contributed by atoms with Gasteiger partial charge in [-0.15, -0.1) is 0 Å². The third-order valence-corrected chi connectivity index (χ3v) is 8.16. The van der Waals surface area contributed by atoms with E-state index in [1.54, 1.807) is 29.0 Å². The molecule has 42 heavy (non-hydrogen) atoms. The molecule has 0 saturated carbocycles. The summed E-state index contributed by atoms with van der Waals surface area (Å²) in [5, 5.41) is 7.10. The van der Waals surface area contributed by atoms with Crippen molar-refractivity contribution in [3.05, 3.63) is 58.1 Å². The topological polar surface area (TPSA) is 162 Å². The molecule has 1 fully saturated rings. The summed E-state index contributed by atoms with van der Waals surface area (Å²) in [6, 6.07) is 10.2. The monoisotopic (exact) mass is 595 g/mol. The highest BCUT2D eigenvalue weighted by Gasteiger charge is 2.22. The van der Waals surface area contributed by atoms with Crippen molar-refractivity contribution in [1.82, 2.24) is 29.4 Å². The number of hydrogen-bond donors (Lipinski definition) is 3. The molecule has 5 N–H and O–H groups in total. The van der Waals surface area contributed by atoms with Gasteiger partial charge in [0.25, 0.3) is 0 Å². The number of fused-ring (bicyclic) bond motifs is 3. The number of benzene rings is 1. The van der Waals surface area contributed by atoms with Gasteiger partial charge in [-0.25, -0.2) is 4.39 Å². The van der Waals surface area contributed by atoms with Gasteiger partial charge in [0.05, 0.1) is 30.6 Å². The fourth-order valence-electron chi connectivity index (χ4n) is 5.01. The van der Waals surface area contributed by atoms with Crippen molar-refractivity contribution >= 4 is 44.7 Å². The van der Waals surface area contributed by atoms with Crippen LogP contribution >= 0.6 is 11.3 Å². The van der Waals surface area contributed by atoms with Gasteiger partial charge in [0.2, 0.25) is 11.9 Å². The first-order chi connectivity index (χ1) is 20.4. The fraction of sp³-hybridized carbons (Fsp3) is 0.333. The summed E-state index contributed by atoms with van der Waals surface area (Å²) in [4.78, 5) is 32.8. The maximum atomic E-state index is 14.9. The second kappa shape index (κ2) is 11.8. The molecule has 1 saturated heterocycles. The largest absolute Gasteiger partial charge is 0.492 e. The highest BCUT2D eigenvalue weighted by molar-refractivity contribution is 7.17. The van der Waals surface area contributed by atoms with Crippen molar-refractivity contribution in [2.45, 2.75) is 6.54 Å². The maximum absolute atomic E-state index is 14.9. The Hall–Kier alpha value is -4.47. The molecule has 0 atom stereocenters. The molecule has 13 nitrogen and oxygen atoms in total. The lowest BCUT2D eigenvalue weighted by atomic mass is 10.2. The van der Waals surface area contributed by atoms with Crippen LogP contribution in [-0.4, -0.2) is 82.4 Å². The number of ether oxygens (including phenoxy) is 1. The normalized spacial score (nSPS) is 14.2. The number of thiazole rings is 1. The van der Waals surface area contributed by atoms with Crippen LogP contribution in [0.15, 0.2) is 51.9 Å². The van der Waals surface area contributed by atoms with E-state index < -0.39 is 0 Å². The summed E-state index contributed by atoms with van der Waals surface area (Å²) in [7, 11) is 0. The summed E-state index contributed by atoms with van der Waals surface area (Å²) in [5.41, 5.74) is 13.8. The molecule has 0 bridgehead atoms. The van der Waals surface area contributed by atoms with E-state index in [9.17, 15) is 14.0 Å².